The second-order valence-electron chi connectivity index (χ2n) is 8.54. The standard InChI is InChI=1S/C24H41N5O.HI/c1-5-14-26-23(30)18-29-16-12-22(13-17-29)28-24(25-4)27-15-6-7-20-8-10-21(11-9-20)19(2)3;/h8-11,19,22H,5-7,12-18H2,1-4H3,(H,26,30)(H2,25,27,28);1H. The Morgan fingerprint density at radius 1 is 1.13 bits per heavy atom. The van der Waals surface area contributed by atoms with Gasteiger partial charge in [-0.1, -0.05) is 45.0 Å². The highest BCUT2D eigenvalue weighted by Gasteiger charge is 2.21. The van der Waals surface area contributed by atoms with Crippen LogP contribution in [0.1, 0.15) is 63.5 Å². The van der Waals surface area contributed by atoms with E-state index in [1.807, 2.05) is 7.05 Å². The molecule has 0 saturated carbocycles. The molecule has 3 N–H and O–H groups in total. The van der Waals surface area contributed by atoms with E-state index in [0.717, 1.165) is 64.2 Å². The van der Waals surface area contributed by atoms with Gasteiger partial charge in [0, 0.05) is 39.3 Å². The summed E-state index contributed by atoms with van der Waals surface area (Å²) in [5, 5.41) is 9.94. The number of halogens is 1. The van der Waals surface area contributed by atoms with Crippen molar-refractivity contribution in [1.82, 2.24) is 20.9 Å². The molecule has 1 aliphatic rings. The van der Waals surface area contributed by atoms with Gasteiger partial charge < -0.3 is 16.0 Å². The summed E-state index contributed by atoms with van der Waals surface area (Å²) in [6, 6.07) is 9.40. The Balaban J connectivity index is 0.00000480. The fraction of sp³-hybridized carbons (Fsp3) is 0.667. The number of aliphatic imine (C=N–C) groups is 1. The van der Waals surface area contributed by atoms with Crippen LogP contribution in [0.25, 0.3) is 0 Å². The molecule has 0 bridgehead atoms. The van der Waals surface area contributed by atoms with Crippen LogP contribution < -0.4 is 16.0 Å². The van der Waals surface area contributed by atoms with Gasteiger partial charge in [-0.05, 0) is 49.1 Å². The number of nitrogens with zero attached hydrogens (tertiary/aromatic N) is 2. The monoisotopic (exact) mass is 543 g/mol. The molecule has 0 aromatic heterocycles. The molecule has 1 aliphatic heterocycles. The van der Waals surface area contributed by atoms with Crippen LogP contribution in [0, 0.1) is 0 Å². The number of nitrogens with one attached hydrogen (secondary N) is 3. The molecule has 31 heavy (non-hydrogen) atoms. The highest BCUT2D eigenvalue weighted by molar-refractivity contribution is 14.0. The number of hydrogen-bond donors (Lipinski definition) is 3. The third-order valence-electron chi connectivity index (χ3n) is 5.67. The molecule has 0 unspecified atom stereocenters. The lowest BCUT2D eigenvalue weighted by Gasteiger charge is -2.32. The Labute approximate surface area is 206 Å². The van der Waals surface area contributed by atoms with E-state index in [-0.39, 0.29) is 29.9 Å². The molecule has 0 aliphatic carbocycles. The first kappa shape index (κ1) is 27.7. The number of rotatable bonds is 10. The molecule has 1 aromatic rings. The van der Waals surface area contributed by atoms with Crippen molar-refractivity contribution in [3.8, 4) is 0 Å². The Hall–Kier alpha value is -1.35. The van der Waals surface area contributed by atoms with E-state index in [0.29, 0.717) is 18.5 Å². The number of carbonyl (C=O) groups is 1. The summed E-state index contributed by atoms with van der Waals surface area (Å²) in [6.07, 6.45) is 5.19. The van der Waals surface area contributed by atoms with E-state index in [1.54, 1.807) is 0 Å². The molecule has 6 nitrogen and oxygen atoms in total. The van der Waals surface area contributed by atoms with E-state index in [9.17, 15) is 4.79 Å². The molecule has 1 aromatic carbocycles. The second-order valence-corrected chi connectivity index (χ2v) is 8.54. The largest absolute Gasteiger partial charge is 0.356 e. The van der Waals surface area contributed by atoms with Crippen LogP contribution in [0.4, 0.5) is 0 Å². The third-order valence-corrected chi connectivity index (χ3v) is 5.67. The molecular formula is C24H42IN5O. The van der Waals surface area contributed by atoms with Crippen LogP contribution >= 0.6 is 24.0 Å². The average Bonchev–Trinajstić information content (AvgIpc) is 2.76. The highest BCUT2D eigenvalue weighted by atomic mass is 127. The summed E-state index contributed by atoms with van der Waals surface area (Å²) in [5.74, 6) is 1.60. The first-order chi connectivity index (χ1) is 14.5. The molecular weight excluding hydrogens is 501 g/mol. The number of benzene rings is 1. The molecule has 1 fully saturated rings. The first-order valence-electron chi connectivity index (χ1n) is 11.6. The summed E-state index contributed by atoms with van der Waals surface area (Å²) >= 11 is 0. The van der Waals surface area contributed by atoms with Crippen molar-refractivity contribution < 1.29 is 4.79 Å². The molecule has 0 radical (unpaired) electrons. The predicted molar refractivity (Wildman–Crippen MR) is 142 cm³/mol. The van der Waals surface area contributed by atoms with Gasteiger partial charge >= 0.3 is 0 Å². The summed E-state index contributed by atoms with van der Waals surface area (Å²) in [7, 11) is 1.83. The van der Waals surface area contributed by atoms with Gasteiger partial charge in [0.05, 0.1) is 6.54 Å². The number of amides is 1. The van der Waals surface area contributed by atoms with Crippen molar-refractivity contribution >= 4 is 35.8 Å². The van der Waals surface area contributed by atoms with Crippen LogP contribution in [0.5, 0.6) is 0 Å². The molecule has 0 spiro atoms. The van der Waals surface area contributed by atoms with Gasteiger partial charge in [-0.15, -0.1) is 24.0 Å². The van der Waals surface area contributed by atoms with E-state index < -0.39 is 0 Å². The van der Waals surface area contributed by atoms with Crippen molar-refractivity contribution in [2.24, 2.45) is 4.99 Å². The molecule has 1 saturated heterocycles. The van der Waals surface area contributed by atoms with Crippen LogP contribution in [0.15, 0.2) is 29.3 Å². The quantitative estimate of drug-likeness (QED) is 0.183. The lowest BCUT2D eigenvalue weighted by Crippen LogP contribution is -2.50. The zero-order chi connectivity index (χ0) is 21.8. The number of guanidine groups is 1. The number of hydrogen-bond acceptors (Lipinski definition) is 3. The molecule has 1 amide bonds. The Bertz CT molecular complexity index is 654. The van der Waals surface area contributed by atoms with Gasteiger partial charge in [0.15, 0.2) is 5.96 Å². The van der Waals surface area contributed by atoms with Gasteiger partial charge in [-0.3, -0.25) is 14.7 Å². The average molecular weight is 544 g/mol. The first-order valence-corrected chi connectivity index (χ1v) is 11.6. The second kappa shape index (κ2) is 15.5. The predicted octanol–water partition coefficient (Wildman–Crippen LogP) is 3.52. The maximum Gasteiger partial charge on any atom is 0.234 e. The van der Waals surface area contributed by atoms with E-state index in [4.69, 9.17) is 0 Å². The Morgan fingerprint density at radius 3 is 2.39 bits per heavy atom. The number of aryl methyl sites for hydroxylation is 1. The number of carbonyl (C=O) groups excluding carboxylic acids is 1. The maximum atomic E-state index is 11.9. The fourth-order valence-corrected chi connectivity index (χ4v) is 3.72. The molecule has 2 rings (SSSR count). The summed E-state index contributed by atoms with van der Waals surface area (Å²) in [5.41, 5.74) is 2.79. The Kier molecular flexibility index (Phi) is 13.8. The summed E-state index contributed by atoms with van der Waals surface area (Å²) in [4.78, 5) is 18.5. The maximum absolute atomic E-state index is 11.9. The zero-order valence-electron chi connectivity index (χ0n) is 19.7. The minimum Gasteiger partial charge on any atom is -0.356 e. The third kappa shape index (κ3) is 10.7. The van der Waals surface area contributed by atoms with Gasteiger partial charge in [0.2, 0.25) is 5.91 Å². The summed E-state index contributed by atoms with van der Waals surface area (Å²) < 4.78 is 0. The van der Waals surface area contributed by atoms with Crippen LogP contribution in [0.2, 0.25) is 0 Å². The van der Waals surface area contributed by atoms with E-state index in [2.05, 4.69) is 70.9 Å². The van der Waals surface area contributed by atoms with Gasteiger partial charge in [0.25, 0.3) is 0 Å². The Morgan fingerprint density at radius 2 is 1.81 bits per heavy atom. The molecule has 7 heteroatoms. The van der Waals surface area contributed by atoms with Crippen LogP contribution in [0.3, 0.4) is 0 Å². The van der Waals surface area contributed by atoms with Crippen LogP contribution in [-0.4, -0.2) is 62.6 Å². The number of likely N-dealkylation sites (tertiary alicyclic amines) is 1. The van der Waals surface area contributed by atoms with Crippen molar-refractivity contribution in [2.45, 2.75) is 64.8 Å². The van der Waals surface area contributed by atoms with Crippen molar-refractivity contribution in [2.75, 3.05) is 39.8 Å². The smallest absolute Gasteiger partial charge is 0.234 e. The van der Waals surface area contributed by atoms with Gasteiger partial charge in [-0.2, -0.15) is 0 Å². The lowest BCUT2D eigenvalue weighted by atomic mass is 10.0. The normalized spacial score (nSPS) is 15.5. The minimum atomic E-state index is 0. The van der Waals surface area contributed by atoms with E-state index >= 15 is 0 Å². The molecule has 176 valence electrons. The van der Waals surface area contributed by atoms with Gasteiger partial charge in [0.1, 0.15) is 0 Å². The van der Waals surface area contributed by atoms with Crippen molar-refractivity contribution in [3.63, 3.8) is 0 Å². The fourth-order valence-electron chi connectivity index (χ4n) is 3.72. The van der Waals surface area contributed by atoms with Crippen molar-refractivity contribution in [1.29, 1.82) is 0 Å². The lowest BCUT2D eigenvalue weighted by molar-refractivity contribution is -0.122. The topological polar surface area (TPSA) is 68.8 Å². The van der Waals surface area contributed by atoms with E-state index in [1.165, 1.54) is 11.1 Å². The van der Waals surface area contributed by atoms with Crippen LogP contribution in [-0.2, 0) is 11.2 Å². The van der Waals surface area contributed by atoms with Gasteiger partial charge in [-0.25, -0.2) is 0 Å². The number of piperidine rings is 1. The zero-order valence-corrected chi connectivity index (χ0v) is 22.1. The minimum absolute atomic E-state index is 0. The summed E-state index contributed by atoms with van der Waals surface area (Å²) in [6.45, 7) is 10.6. The molecule has 0 atom stereocenters. The SMILES string of the molecule is CCCNC(=O)CN1CCC(NC(=NC)NCCCc2ccc(C(C)C)cc2)CC1.I. The molecule has 1 heterocycles. The highest BCUT2D eigenvalue weighted by Crippen LogP contribution is 2.15. The van der Waals surface area contributed by atoms with Crippen molar-refractivity contribution in [3.05, 3.63) is 35.4 Å².